The summed E-state index contributed by atoms with van der Waals surface area (Å²) in [6, 6.07) is 0. The van der Waals surface area contributed by atoms with Crippen molar-refractivity contribution in [1.29, 1.82) is 0 Å². The van der Waals surface area contributed by atoms with Crippen LogP contribution >= 0.6 is 0 Å². The fourth-order valence-corrected chi connectivity index (χ4v) is 1.48. The Bertz CT molecular complexity index is 177. The van der Waals surface area contributed by atoms with Crippen LogP contribution in [-0.2, 0) is 4.79 Å². The summed E-state index contributed by atoms with van der Waals surface area (Å²) < 4.78 is 0. The molecule has 0 aromatic carbocycles. The molecular formula is C8H15NO2. The van der Waals surface area contributed by atoms with Crippen LogP contribution in [0.5, 0.6) is 0 Å². The molecule has 1 heterocycles. The van der Waals surface area contributed by atoms with E-state index in [9.17, 15) is 4.79 Å². The van der Waals surface area contributed by atoms with Gasteiger partial charge in [-0.05, 0) is 13.8 Å². The van der Waals surface area contributed by atoms with Crippen LogP contribution in [0.3, 0.4) is 0 Å². The quantitative estimate of drug-likeness (QED) is 0.592. The van der Waals surface area contributed by atoms with Crippen molar-refractivity contribution < 1.29 is 9.90 Å². The van der Waals surface area contributed by atoms with E-state index in [2.05, 4.69) is 0 Å². The normalized spacial score (nSPS) is 29.6. The number of rotatable bonds is 1. The van der Waals surface area contributed by atoms with Crippen molar-refractivity contribution in [1.82, 2.24) is 4.90 Å². The predicted octanol–water partition coefficient (Wildman–Crippen LogP) is 0.236. The smallest absolute Gasteiger partial charge is 0.223 e. The first kappa shape index (κ1) is 8.53. The van der Waals surface area contributed by atoms with Gasteiger partial charge in [-0.3, -0.25) is 4.79 Å². The van der Waals surface area contributed by atoms with Gasteiger partial charge in [0.25, 0.3) is 0 Å². The molecule has 3 nitrogen and oxygen atoms in total. The zero-order valence-electron chi connectivity index (χ0n) is 7.29. The molecule has 0 aromatic rings. The van der Waals surface area contributed by atoms with Crippen LogP contribution in [0.1, 0.15) is 20.3 Å². The van der Waals surface area contributed by atoms with Crippen LogP contribution in [0.4, 0.5) is 0 Å². The van der Waals surface area contributed by atoms with Crippen molar-refractivity contribution in [3.8, 4) is 0 Å². The average molecular weight is 157 g/mol. The Hall–Kier alpha value is -0.570. The maximum Gasteiger partial charge on any atom is 0.223 e. The van der Waals surface area contributed by atoms with E-state index < -0.39 is 0 Å². The highest BCUT2D eigenvalue weighted by atomic mass is 16.3. The highest BCUT2D eigenvalue weighted by Gasteiger charge is 2.43. The van der Waals surface area contributed by atoms with Crippen LogP contribution in [0, 0.1) is 5.92 Å². The molecule has 1 saturated heterocycles. The Labute approximate surface area is 67.0 Å². The second-order valence-corrected chi connectivity index (χ2v) is 3.69. The van der Waals surface area contributed by atoms with Crippen molar-refractivity contribution in [3.63, 3.8) is 0 Å². The van der Waals surface area contributed by atoms with Crippen molar-refractivity contribution >= 4 is 5.91 Å². The van der Waals surface area contributed by atoms with Gasteiger partial charge in [0.2, 0.25) is 5.91 Å². The maximum absolute atomic E-state index is 11.2. The molecule has 0 spiro atoms. The van der Waals surface area contributed by atoms with Crippen LogP contribution in [-0.4, -0.2) is 35.1 Å². The molecule has 0 aliphatic carbocycles. The van der Waals surface area contributed by atoms with Crippen molar-refractivity contribution in [2.75, 3.05) is 13.7 Å². The number of carbonyl (C=O) groups excluding carboxylic acids is 1. The van der Waals surface area contributed by atoms with Crippen LogP contribution in [0.2, 0.25) is 0 Å². The minimum absolute atomic E-state index is 0.0972. The molecule has 1 aliphatic heterocycles. The van der Waals surface area contributed by atoms with Crippen LogP contribution in [0.15, 0.2) is 0 Å². The van der Waals surface area contributed by atoms with Gasteiger partial charge in [-0.1, -0.05) is 0 Å². The molecule has 1 aliphatic rings. The summed E-state index contributed by atoms with van der Waals surface area (Å²) >= 11 is 0. The van der Waals surface area contributed by atoms with Crippen molar-refractivity contribution in [3.05, 3.63) is 0 Å². The zero-order chi connectivity index (χ0) is 8.65. The third-order valence-corrected chi connectivity index (χ3v) is 2.88. The molecule has 64 valence electrons. The molecule has 1 rings (SSSR count). The second kappa shape index (κ2) is 2.48. The SMILES string of the molecule is CN1C(=O)CC(CO)C1(C)C. The number of hydrogen-bond acceptors (Lipinski definition) is 2. The lowest BCUT2D eigenvalue weighted by molar-refractivity contribution is -0.128. The van der Waals surface area contributed by atoms with Gasteiger partial charge in [0.15, 0.2) is 0 Å². The summed E-state index contributed by atoms with van der Waals surface area (Å²) in [7, 11) is 1.79. The summed E-state index contributed by atoms with van der Waals surface area (Å²) in [4.78, 5) is 12.9. The Kier molecular flexibility index (Phi) is 1.92. The molecule has 0 bridgehead atoms. The minimum atomic E-state index is -0.175. The molecule has 1 N–H and O–H groups in total. The number of aliphatic hydroxyl groups excluding tert-OH is 1. The fraction of sp³-hybridized carbons (Fsp3) is 0.875. The Balaban J connectivity index is 2.82. The molecule has 1 unspecified atom stereocenters. The second-order valence-electron chi connectivity index (χ2n) is 3.69. The number of aliphatic hydroxyl groups is 1. The molecule has 3 heteroatoms. The number of carbonyl (C=O) groups is 1. The zero-order valence-corrected chi connectivity index (χ0v) is 7.29. The van der Waals surface area contributed by atoms with Gasteiger partial charge in [0.1, 0.15) is 0 Å². The minimum Gasteiger partial charge on any atom is -0.396 e. The van der Waals surface area contributed by atoms with Crippen molar-refractivity contribution in [2.45, 2.75) is 25.8 Å². The summed E-state index contributed by atoms with van der Waals surface area (Å²) in [5.41, 5.74) is -0.175. The van der Waals surface area contributed by atoms with Crippen LogP contribution < -0.4 is 0 Å². The molecule has 1 fully saturated rings. The standard InChI is InChI=1S/C8H15NO2/c1-8(2)6(5-10)4-7(11)9(8)3/h6,10H,4-5H2,1-3H3. The third kappa shape index (κ3) is 1.13. The van der Waals surface area contributed by atoms with Gasteiger partial charge in [0.05, 0.1) is 0 Å². The highest BCUT2D eigenvalue weighted by molar-refractivity contribution is 5.79. The average Bonchev–Trinajstić information content (AvgIpc) is 2.13. The lowest BCUT2D eigenvalue weighted by Crippen LogP contribution is -2.42. The Morgan fingerprint density at radius 3 is 2.45 bits per heavy atom. The van der Waals surface area contributed by atoms with E-state index >= 15 is 0 Å². The Morgan fingerprint density at radius 2 is 2.27 bits per heavy atom. The summed E-state index contributed by atoms with van der Waals surface area (Å²) in [6.07, 6.45) is 0.486. The first-order valence-corrected chi connectivity index (χ1v) is 3.87. The Morgan fingerprint density at radius 1 is 1.73 bits per heavy atom. The first-order valence-electron chi connectivity index (χ1n) is 3.87. The third-order valence-electron chi connectivity index (χ3n) is 2.88. The summed E-state index contributed by atoms with van der Waals surface area (Å²) in [6.45, 7) is 4.07. The van der Waals surface area contributed by atoms with E-state index in [1.165, 1.54) is 0 Å². The fourth-order valence-electron chi connectivity index (χ4n) is 1.48. The van der Waals surface area contributed by atoms with Gasteiger partial charge < -0.3 is 10.0 Å². The summed E-state index contributed by atoms with van der Waals surface area (Å²) in [5.74, 6) is 0.231. The molecule has 0 aromatic heterocycles. The van der Waals surface area contributed by atoms with E-state index in [1.807, 2.05) is 13.8 Å². The van der Waals surface area contributed by atoms with Gasteiger partial charge in [-0.2, -0.15) is 0 Å². The van der Waals surface area contributed by atoms with E-state index in [1.54, 1.807) is 11.9 Å². The number of hydrogen-bond donors (Lipinski definition) is 1. The lowest BCUT2D eigenvalue weighted by atomic mass is 9.89. The van der Waals surface area contributed by atoms with Crippen LogP contribution in [0.25, 0.3) is 0 Å². The number of amides is 1. The summed E-state index contributed by atoms with van der Waals surface area (Å²) in [5, 5.41) is 8.96. The number of nitrogens with zero attached hydrogens (tertiary/aromatic N) is 1. The van der Waals surface area contributed by atoms with E-state index in [4.69, 9.17) is 5.11 Å². The monoisotopic (exact) mass is 157 g/mol. The van der Waals surface area contributed by atoms with Crippen molar-refractivity contribution in [2.24, 2.45) is 5.92 Å². The topological polar surface area (TPSA) is 40.5 Å². The molecule has 0 radical (unpaired) electrons. The molecule has 0 saturated carbocycles. The highest BCUT2D eigenvalue weighted by Crippen LogP contribution is 2.33. The molecule has 1 atom stereocenters. The van der Waals surface area contributed by atoms with Gasteiger partial charge in [-0.25, -0.2) is 0 Å². The van der Waals surface area contributed by atoms with E-state index in [-0.39, 0.29) is 24.0 Å². The molecule has 11 heavy (non-hydrogen) atoms. The van der Waals surface area contributed by atoms with Gasteiger partial charge in [-0.15, -0.1) is 0 Å². The molecular weight excluding hydrogens is 142 g/mol. The van der Waals surface area contributed by atoms with E-state index in [0.29, 0.717) is 6.42 Å². The van der Waals surface area contributed by atoms with Gasteiger partial charge >= 0.3 is 0 Å². The lowest BCUT2D eigenvalue weighted by Gasteiger charge is -2.32. The van der Waals surface area contributed by atoms with E-state index in [0.717, 1.165) is 0 Å². The molecule has 1 amide bonds. The predicted molar refractivity (Wildman–Crippen MR) is 42.0 cm³/mol. The first-order chi connectivity index (χ1) is 5.00. The van der Waals surface area contributed by atoms with Gasteiger partial charge in [0, 0.05) is 31.5 Å². The maximum atomic E-state index is 11.2. The largest absolute Gasteiger partial charge is 0.396 e. The number of likely N-dealkylation sites (tertiary alicyclic amines) is 1.